The monoisotopic (exact) mass is 412 g/mol. The van der Waals surface area contributed by atoms with Gasteiger partial charge < -0.3 is 0 Å². The topological polar surface area (TPSA) is 24.7 Å². The molecule has 0 radical (unpaired) electrons. The van der Waals surface area contributed by atoms with E-state index < -0.39 is 0 Å². The van der Waals surface area contributed by atoms with Gasteiger partial charge in [0.25, 0.3) is 0 Å². The Kier molecular flexibility index (Phi) is 6.04. The summed E-state index contributed by atoms with van der Waals surface area (Å²) < 4.78 is 0. The maximum absolute atomic E-state index is 5.10. The zero-order chi connectivity index (χ0) is 21.6. The van der Waals surface area contributed by atoms with Gasteiger partial charge >= 0.3 is 0 Å². The van der Waals surface area contributed by atoms with Gasteiger partial charge in [0.1, 0.15) is 0 Å². The van der Waals surface area contributed by atoms with Crippen LogP contribution in [-0.2, 0) is 0 Å². The molecule has 4 bridgehead atoms. The van der Waals surface area contributed by atoms with E-state index in [1.165, 1.54) is 77.0 Å². The minimum atomic E-state index is 0.393. The molecule has 0 spiro atoms. The van der Waals surface area contributed by atoms with E-state index in [1.54, 1.807) is 11.4 Å². The molecule has 170 valence electrons. The van der Waals surface area contributed by atoms with Crippen LogP contribution in [0.4, 0.5) is 0 Å². The molecule has 0 saturated heterocycles. The van der Waals surface area contributed by atoms with Crippen LogP contribution in [0.3, 0.4) is 0 Å². The summed E-state index contributed by atoms with van der Waals surface area (Å²) in [5.74, 6) is 1.77. The van der Waals surface area contributed by atoms with Crippen molar-refractivity contribution in [3.05, 3.63) is 0 Å². The summed E-state index contributed by atoms with van der Waals surface area (Å²) in [6.45, 7) is 17.0. The van der Waals surface area contributed by atoms with Gasteiger partial charge in [-0.2, -0.15) is 0 Å². The molecule has 0 N–H and O–H groups in total. The van der Waals surface area contributed by atoms with Crippen molar-refractivity contribution in [2.75, 3.05) is 13.1 Å². The molecule has 0 aromatic carbocycles. The summed E-state index contributed by atoms with van der Waals surface area (Å²) in [6, 6.07) is 0. The van der Waals surface area contributed by atoms with Gasteiger partial charge in [-0.1, -0.05) is 67.2 Å². The first kappa shape index (κ1) is 22.5. The van der Waals surface area contributed by atoms with Gasteiger partial charge in [-0.3, -0.25) is 9.98 Å². The normalized spacial score (nSPS) is 40.9. The summed E-state index contributed by atoms with van der Waals surface area (Å²) in [5, 5.41) is 0. The zero-order valence-corrected chi connectivity index (χ0v) is 20.9. The molecule has 4 rings (SSSR count). The van der Waals surface area contributed by atoms with Crippen LogP contribution in [-0.4, -0.2) is 24.5 Å². The number of aliphatic imine (C=N–C) groups is 2. The van der Waals surface area contributed by atoms with Crippen molar-refractivity contribution in [2.24, 2.45) is 43.5 Å². The van der Waals surface area contributed by atoms with Crippen molar-refractivity contribution < 1.29 is 0 Å². The van der Waals surface area contributed by atoms with E-state index in [-0.39, 0.29) is 0 Å². The molecule has 30 heavy (non-hydrogen) atoms. The Morgan fingerprint density at radius 2 is 0.967 bits per heavy atom. The van der Waals surface area contributed by atoms with Crippen molar-refractivity contribution in [1.29, 1.82) is 0 Å². The van der Waals surface area contributed by atoms with E-state index in [0.29, 0.717) is 21.7 Å². The molecule has 0 aliphatic heterocycles. The number of hydrogen-bond donors (Lipinski definition) is 0. The van der Waals surface area contributed by atoms with Crippen LogP contribution in [0.2, 0.25) is 0 Å². The summed E-state index contributed by atoms with van der Waals surface area (Å²) in [7, 11) is 0. The second-order valence-corrected chi connectivity index (χ2v) is 12.8. The molecule has 4 aliphatic rings. The van der Waals surface area contributed by atoms with Gasteiger partial charge in [0.2, 0.25) is 0 Å². The van der Waals surface area contributed by atoms with Gasteiger partial charge in [0, 0.05) is 35.3 Å². The third kappa shape index (κ3) is 3.43. The first-order valence-corrected chi connectivity index (χ1v) is 13.2. The molecule has 0 aromatic rings. The number of nitrogens with zero attached hydrogens (tertiary/aromatic N) is 2. The molecule has 0 heterocycles. The summed E-state index contributed by atoms with van der Waals surface area (Å²) in [4.78, 5) is 10.2. The Bertz CT molecular complexity index is 639. The SMILES string of the molecule is CC12CCC(CC1=NCCCCCCCCN=C1CC3CCC1(C)C3(C)C)C2(C)C. The Morgan fingerprint density at radius 3 is 1.27 bits per heavy atom. The van der Waals surface area contributed by atoms with Crippen molar-refractivity contribution in [3.63, 3.8) is 0 Å². The van der Waals surface area contributed by atoms with Gasteiger partial charge in [-0.05, 0) is 74.0 Å². The average molecular weight is 413 g/mol. The fraction of sp³-hybridized carbons (Fsp3) is 0.929. The lowest BCUT2D eigenvalue weighted by Crippen LogP contribution is -2.32. The van der Waals surface area contributed by atoms with E-state index >= 15 is 0 Å². The third-order valence-corrected chi connectivity index (χ3v) is 11.2. The highest BCUT2D eigenvalue weighted by Gasteiger charge is 2.60. The Balaban J connectivity index is 1.08. The van der Waals surface area contributed by atoms with Crippen LogP contribution >= 0.6 is 0 Å². The number of rotatable bonds is 9. The van der Waals surface area contributed by atoms with E-state index in [2.05, 4.69) is 41.5 Å². The van der Waals surface area contributed by atoms with Gasteiger partial charge in [-0.15, -0.1) is 0 Å². The highest BCUT2D eigenvalue weighted by molar-refractivity contribution is 5.94. The minimum Gasteiger partial charge on any atom is -0.294 e. The zero-order valence-electron chi connectivity index (χ0n) is 20.9. The van der Waals surface area contributed by atoms with Crippen LogP contribution in [0, 0.1) is 33.5 Å². The largest absolute Gasteiger partial charge is 0.294 e. The van der Waals surface area contributed by atoms with Crippen LogP contribution in [0.1, 0.15) is 119 Å². The average Bonchev–Trinajstić information content (AvgIpc) is 3.21. The van der Waals surface area contributed by atoms with Gasteiger partial charge in [0.05, 0.1) is 0 Å². The first-order valence-electron chi connectivity index (χ1n) is 13.2. The summed E-state index contributed by atoms with van der Waals surface area (Å²) in [6.07, 6.45) is 16.1. The quantitative estimate of drug-likeness (QED) is 0.344. The van der Waals surface area contributed by atoms with Gasteiger partial charge in [0.15, 0.2) is 0 Å². The molecular formula is C28H48N2. The van der Waals surface area contributed by atoms with Crippen LogP contribution < -0.4 is 0 Å². The van der Waals surface area contributed by atoms with Crippen molar-refractivity contribution in [3.8, 4) is 0 Å². The molecule has 0 aromatic heterocycles. The predicted octanol–water partition coefficient (Wildman–Crippen LogP) is 7.90. The molecule has 4 saturated carbocycles. The summed E-state index contributed by atoms with van der Waals surface area (Å²) in [5.41, 5.74) is 4.84. The van der Waals surface area contributed by atoms with E-state index in [4.69, 9.17) is 9.98 Å². The molecular weight excluding hydrogens is 364 g/mol. The fourth-order valence-electron chi connectivity index (χ4n) is 7.69. The smallest absolute Gasteiger partial charge is 0.0388 e. The van der Waals surface area contributed by atoms with Gasteiger partial charge in [-0.25, -0.2) is 0 Å². The first-order chi connectivity index (χ1) is 14.1. The lowest BCUT2D eigenvalue weighted by Gasteiger charge is -2.34. The molecule has 4 unspecified atom stereocenters. The van der Waals surface area contributed by atoms with Crippen LogP contribution in [0.25, 0.3) is 0 Å². The van der Waals surface area contributed by atoms with Crippen molar-refractivity contribution >= 4 is 11.4 Å². The van der Waals surface area contributed by atoms with Crippen molar-refractivity contribution in [2.45, 2.75) is 119 Å². The van der Waals surface area contributed by atoms with E-state index in [0.717, 1.165) is 24.9 Å². The maximum Gasteiger partial charge on any atom is 0.0388 e. The van der Waals surface area contributed by atoms with Crippen LogP contribution in [0.5, 0.6) is 0 Å². The molecule has 4 atom stereocenters. The molecule has 0 amide bonds. The Hall–Kier alpha value is -0.660. The summed E-state index contributed by atoms with van der Waals surface area (Å²) >= 11 is 0. The second-order valence-electron chi connectivity index (χ2n) is 12.8. The molecule has 2 heteroatoms. The number of fused-ring (bicyclic) bond motifs is 4. The highest BCUT2D eigenvalue weighted by Crippen LogP contribution is 2.64. The van der Waals surface area contributed by atoms with E-state index in [1.807, 2.05) is 0 Å². The lowest BCUT2D eigenvalue weighted by atomic mass is 9.70. The van der Waals surface area contributed by atoms with Crippen LogP contribution in [0.15, 0.2) is 9.98 Å². The molecule has 4 aliphatic carbocycles. The standard InChI is InChI=1S/C28H48N2/c1-25(2)21-13-15-27(25,5)23(19-21)29-17-11-9-7-8-10-12-18-30-24-20-22-14-16-28(24,6)26(22,3)4/h21-22H,7-20H2,1-6H3. The highest BCUT2D eigenvalue weighted by atomic mass is 14.8. The molecule has 4 fully saturated rings. The third-order valence-electron chi connectivity index (χ3n) is 11.2. The predicted molar refractivity (Wildman–Crippen MR) is 131 cm³/mol. The Morgan fingerprint density at radius 1 is 0.600 bits per heavy atom. The van der Waals surface area contributed by atoms with E-state index in [9.17, 15) is 0 Å². The number of hydrogen-bond acceptors (Lipinski definition) is 2. The second kappa shape index (κ2) is 8.04. The minimum absolute atomic E-state index is 0.393. The maximum atomic E-state index is 5.10. The fourth-order valence-corrected chi connectivity index (χ4v) is 7.69. The lowest BCUT2D eigenvalue weighted by molar-refractivity contribution is 0.193. The Labute approximate surface area is 186 Å². The number of unbranched alkanes of at least 4 members (excludes halogenated alkanes) is 5. The molecule has 2 nitrogen and oxygen atoms in total. The van der Waals surface area contributed by atoms with Crippen molar-refractivity contribution in [1.82, 2.24) is 0 Å².